The smallest absolute Gasteiger partial charge is 0.363 e. The zero-order valence-corrected chi connectivity index (χ0v) is 19.3. The molecule has 0 aliphatic carbocycles. The molecule has 0 amide bonds. The number of nitrogens with zero attached hydrogens (tertiary/aromatic N) is 2. The van der Waals surface area contributed by atoms with Gasteiger partial charge in [0.25, 0.3) is 5.69 Å². The summed E-state index contributed by atoms with van der Waals surface area (Å²) in [6.45, 7) is 6.34. The van der Waals surface area contributed by atoms with Crippen molar-refractivity contribution in [2.45, 2.75) is 26.2 Å². The maximum Gasteiger partial charge on any atom is 0.363 e. The molecule has 0 fully saturated rings. The van der Waals surface area contributed by atoms with Crippen LogP contribution in [0.5, 0.6) is 5.75 Å². The summed E-state index contributed by atoms with van der Waals surface area (Å²) in [5, 5.41) is 10.8. The van der Waals surface area contributed by atoms with Crippen LogP contribution in [-0.2, 0) is 14.9 Å². The second-order valence-corrected chi connectivity index (χ2v) is 8.89. The number of aliphatic imine (C=N–C) groups is 1. The molecule has 0 saturated heterocycles. The van der Waals surface area contributed by atoms with Crippen molar-refractivity contribution in [3.05, 3.63) is 111 Å². The summed E-state index contributed by atoms with van der Waals surface area (Å²) in [5.41, 5.74) is 2.35. The number of hydrogen-bond acceptors (Lipinski definition) is 7. The highest BCUT2D eigenvalue weighted by molar-refractivity contribution is 6.13. The minimum absolute atomic E-state index is 0.00658. The van der Waals surface area contributed by atoms with E-state index >= 15 is 0 Å². The molecule has 1 heterocycles. The molecule has 1 aliphatic heterocycles. The molecule has 0 bridgehead atoms. The van der Waals surface area contributed by atoms with Crippen molar-refractivity contribution in [3.63, 3.8) is 0 Å². The van der Waals surface area contributed by atoms with Crippen molar-refractivity contribution in [2.75, 3.05) is 0 Å². The average Bonchev–Trinajstić information content (AvgIpc) is 3.20. The number of nitro benzene ring substituents is 1. The van der Waals surface area contributed by atoms with Crippen LogP contribution in [0.1, 0.15) is 47.8 Å². The summed E-state index contributed by atoms with van der Waals surface area (Å²) in [6.07, 6.45) is 1.48. The lowest BCUT2D eigenvalue weighted by atomic mass is 9.87. The molecule has 1 aliphatic rings. The first-order valence-electron chi connectivity index (χ1n) is 10.8. The molecule has 3 aromatic rings. The number of para-hydroxylation sites is 1. The van der Waals surface area contributed by atoms with Crippen LogP contribution in [0.4, 0.5) is 5.69 Å². The fraction of sp³-hybridized carbons (Fsp3) is 0.148. The minimum atomic E-state index is -0.692. The van der Waals surface area contributed by atoms with Crippen molar-refractivity contribution < 1.29 is 24.0 Å². The van der Waals surface area contributed by atoms with Crippen LogP contribution in [0.3, 0.4) is 0 Å². The van der Waals surface area contributed by atoms with Gasteiger partial charge in [-0.3, -0.25) is 10.1 Å². The Morgan fingerprint density at radius 3 is 2.29 bits per heavy atom. The van der Waals surface area contributed by atoms with Gasteiger partial charge in [0.05, 0.1) is 10.5 Å². The van der Waals surface area contributed by atoms with Gasteiger partial charge in [0, 0.05) is 23.3 Å². The first-order valence-corrected chi connectivity index (χ1v) is 10.8. The van der Waals surface area contributed by atoms with Gasteiger partial charge in [-0.2, -0.15) is 0 Å². The number of carbonyl (C=O) groups excluding carboxylic acids is 2. The van der Waals surface area contributed by atoms with Gasteiger partial charge < -0.3 is 9.47 Å². The number of rotatable bonds is 5. The van der Waals surface area contributed by atoms with Gasteiger partial charge in [-0.25, -0.2) is 14.6 Å². The number of non-ortho nitro benzene ring substituents is 1. The van der Waals surface area contributed by atoms with Gasteiger partial charge in [0.2, 0.25) is 5.90 Å². The second kappa shape index (κ2) is 9.34. The molecule has 0 saturated carbocycles. The molecule has 0 N–H and O–H groups in total. The number of carbonyl (C=O) groups is 2. The summed E-state index contributed by atoms with van der Waals surface area (Å²) < 4.78 is 10.8. The van der Waals surface area contributed by atoms with E-state index in [2.05, 4.69) is 25.8 Å². The van der Waals surface area contributed by atoms with Crippen LogP contribution in [0, 0.1) is 10.1 Å². The van der Waals surface area contributed by atoms with Gasteiger partial charge in [-0.1, -0.05) is 51.1 Å². The lowest BCUT2D eigenvalue weighted by molar-refractivity contribution is -0.384. The molecule has 8 nitrogen and oxygen atoms in total. The number of nitro groups is 1. The van der Waals surface area contributed by atoms with Gasteiger partial charge in [0.1, 0.15) is 5.75 Å². The van der Waals surface area contributed by atoms with E-state index in [1.807, 2.05) is 24.3 Å². The van der Waals surface area contributed by atoms with Crippen LogP contribution in [0.25, 0.3) is 6.08 Å². The largest absolute Gasteiger partial charge is 0.422 e. The number of ether oxygens (including phenoxy) is 2. The fourth-order valence-electron chi connectivity index (χ4n) is 3.36. The Labute approximate surface area is 201 Å². The predicted octanol–water partition coefficient (Wildman–Crippen LogP) is 5.46. The topological polar surface area (TPSA) is 108 Å². The lowest BCUT2D eigenvalue weighted by Crippen LogP contribution is -2.11. The monoisotopic (exact) mass is 470 g/mol. The zero-order chi connectivity index (χ0) is 25.2. The van der Waals surface area contributed by atoms with Crippen LogP contribution in [-0.4, -0.2) is 22.8 Å². The maximum absolute atomic E-state index is 12.6. The van der Waals surface area contributed by atoms with Crippen LogP contribution in [0.2, 0.25) is 0 Å². The first kappa shape index (κ1) is 23.6. The Morgan fingerprint density at radius 2 is 1.66 bits per heavy atom. The third kappa shape index (κ3) is 5.33. The molecule has 0 spiro atoms. The van der Waals surface area contributed by atoms with Crippen LogP contribution < -0.4 is 4.74 Å². The van der Waals surface area contributed by atoms with Crippen molar-refractivity contribution in [3.8, 4) is 5.75 Å². The molecule has 176 valence electrons. The Balaban J connectivity index is 1.57. The molecule has 0 aromatic heterocycles. The van der Waals surface area contributed by atoms with Crippen LogP contribution in [0.15, 0.2) is 83.5 Å². The molecule has 4 rings (SSSR count). The molecule has 8 heteroatoms. The molecule has 35 heavy (non-hydrogen) atoms. The fourth-order valence-corrected chi connectivity index (χ4v) is 3.36. The van der Waals surface area contributed by atoms with Gasteiger partial charge in [-0.05, 0) is 47.4 Å². The van der Waals surface area contributed by atoms with E-state index in [9.17, 15) is 19.7 Å². The Bertz CT molecular complexity index is 1360. The average molecular weight is 470 g/mol. The molecule has 0 unspecified atom stereocenters. The van der Waals surface area contributed by atoms with Crippen molar-refractivity contribution in [2.24, 2.45) is 4.99 Å². The number of benzene rings is 3. The van der Waals surface area contributed by atoms with Gasteiger partial charge in [0.15, 0.2) is 5.70 Å². The molecule has 0 radical (unpaired) electrons. The standard InChI is InChI=1S/C27H22N2O6/c1-27(2,3)20-12-8-17(9-13-20)24-28-22(26(31)35-24)16-19-6-4-5-7-23(19)34-25(30)18-10-14-21(15-11-18)29(32)33/h4-16H,1-3H3. The molecule has 3 aromatic carbocycles. The summed E-state index contributed by atoms with van der Waals surface area (Å²) in [6, 6.07) is 19.4. The highest BCUT2D eigenvalue weighted by Gasteiger charge is 2.25. The van der Waals surface area contributed by atoms with E-state index in [1.165, 1.54) is 30.3 Å². The maximum atomic E-state index is 12.6. The molecular weight excluding hydrogens is 448 g/mol. The third-order valence-electron chi connectivity index (χ3n) is 5.35. The van der Waals surface area contributed by atoms with Gasteiger partial charge >= 0.3 is 11.9 Å². The molecule has 0 atom stereocenters. The highest BCUT2D eigenvalue weighted by atomic mass is 16.6. The summed E-state index contributed by atoms with van der Waals surface area (Å²) in [4.78, 5) is 39.6. The molecular formula is C27H22N2O6. The summed E-state index contributed by atoms with van der Waals surface area (Å²) in [5.74, 6) is -0.907. The third-order valence-corrected chi connectivity index (χ3v) is 5.35. The van der Waals surface area contributed by atoms with Crippen LogP contribution >= 0.6 is 0 Å². The Morgan fingerprint density at radius 1 is 1.00 bits per heavy atom. The second-order valence-electron chi connectivity index (χ2n) is 8.89. The van der Waals surface area contributed by atoms with E-state index in [0.717, 1.165) is 5.56 Å². The number of esters is 2. The Kier molecular flexibility index (Phi) is 6.29. The summed E-state index contributed by atoms with van der Waals surface area (Å²) in [7, 11) is 0. The van der Waals surface area contributed by atoms with E-state index < -0.39 is 16.9 Å². The van der Waals surface area contributed by atoms with E-state index in [0.29, 0.717) is 11.1 Å². The quantitative estimate of drug-likeness (QED) is 0.161. The van der Waals surface area contributed by atoms with Crippen molar-refractivity contribution in [1.29, 1.82) is 0 Å². The van der Waals surface area contributed by atoms with Crippen molar-refractivity contribution in [1.82, 2.24) is 0 Å². The summed E-state index contributed by atoms with van der Waals surface area (Å²) >= 11 is 0. The first-order chi connectivity index (χ1) is 16.6. The number of hydrogen-bond donors (Lipinski definition) is 0. The van der Waals surface area contributed by atoms with E-state index in [4.69, 9.17) is 9.47 Å². The predicted molar refractivity (Wildman–Crippen MR) is 130 cm³/mol. The Hall–Kier alpha value is -4.59. The highest BCUT2D eigenvalue weighted by Crippen LogP contribution is 2.27. The lowest BCUT2D eigenvalue weighted by Gasteiger charge is -2.18. The zero-order valence-electron chi connectivity index (χ0n) is 19.3. The van der Waals surface area contributed by atoms with E-state index in [-0.39, 0.29) is 34.0 Å². The van der Waals surface area contributed by atoms with E-state index in [1.54, 1.807) is 24.3 Å². The normalized spacial score (nSPS) is 14.4. The van der Waals surface area contributed by atoms with Crippen molar-refractivity contribution >= 4 is 29.6 Å². The number of cyclic esters (lactones) is 1. The van der Waals surface area contributed by atoms with Gasteiger partial charge in [-0.15, -0.1) is 0 Å². The minimum Gasteiger partial charge on any atom is -0.422 e. The SMILES string of the molecule is CC(C)(C)c1ccc(C2=NC(=Cc3ccccc3OC(=O)c3ccc([N+](=O)[O-])cc3)C(=O)O2)cc1.